The molecule has 0 N–H and O–H groups in total. The molecule has 0 heterocycles. The zero-order chi connectivity index (χ0) is 42.5. The normalized spacial score (nSPS) is 12.5. The average molecular weight is 814 g/mol. The topological polar surface area (TPSA) is 3.24 Å². The van der Waals surface area contributed by atoms with Gasteiger partial charge >= 0.3 is 0 Å². The zero-order valence-corrected chi connectivity index (χ0v) is 35.3. The van der Waals surface area contributed by atoms with Crippen LogP contribution in [-0.4, -0.2) is 0 Å². The van der Waals surface area contributed by atoms with E-state index < -0.39 is 5.41 Å². The summed E-state index contributed by atoms with van der Waals surface area (Å²) in [7, 11) is 0. The summed E-state index contributed by atoms with van der Waals surface area (Å²) in [5.74, 6) is 0. The molecule has 64 heavy (non-hydrogen) atoms. The second kappa shape index (κ2) is 15.6. The molecule has 0 radical (unpaired) electrons. The Morgan fingerprint density at radius 2 is 0.734 bits per heavy atom. The third kappa shape index (κ3) is 5.93. The smallest absolute Gasteiger partial charge is 0.0714 e. The molecule has 0 amide bonds. The standard InChI is InChI=1S/C63H43N/c1-4-22-44(23-5-1)49-29-12-13-31-51(49)53-33-14-15-34-54(53)57-36-19-21-39-61(57)64(62-42-45-24-10-11-30-50(45)52-32-16-17-37-58(52)62)48-40-41-56-55-35-18-20-38-59(55)63(60(56)43-48,46-25-6-2-7-26-46)47-27-8-3-9-28-47/h1-43H. The van der Waals surface area contributed by atoms with Crippen molar-refractivity contribution in [2.75, 3.05) is 4.90 Å². The van der Waals surface area contributed by atoms with Gasteiger partial charge in [0.15, 0.2) is 0 Å². The van der Waals surface area contributed by atoms with Crippen molar-refractivity contribution in [3.63, 3.8) is 0 Å². The summed E-state index contributed by atoms with van der Waals surface area (Å²) in [5.41, 5.74) is 17.5. The van der Waals surface area contributed by atoms with E-state index in [9.17, 15) is 0 Å². The molecule has 0 aromatic heterocycles. The molecular formula is C63H43N. The molecule has 0 fully saturated rings. The van der Waals surface area contributed by atoms with Crippen LogP contribution in [0, 0.1) is 0 Å². The van der Waals surface area contributed by atoms with E-state index in [1.165, 1.54) is 82.7 Å². The third-order valence-corrected chi connectivity index (χ3v) is 13.4. The predicted molar refractivity (Wildman–Crippen MR) is 270 cm³/mol. The summed E-state index contributed by atoms with van der Waals surface area (Å²) in [6.45, 7) is 0. The van der Waals surface area contributed by atoms with Crippen molar-refractivity contribution in [2.24, 2.45) is 0 Å². The van der Waals surface area contributed by atoms with Crippen LogP contribution in [0.1, 0.15) is 22.3 Å². The molecule has 0 unspecified atom stereocenters. The number of anilines is 3. The van der Waals surface area contributed by atoms with Crippen molar-refractivity contribution in [3.05, 3.63) is 283 Å². The van der Waals surface area contributed by atoms with E-state index in [1.54, 1.807) is 0 Å². The lowest BCUT2D eigenvalue weighted by atomic mass is 9.67. The highest BCUT2D eigenvalue weighted by Gasteiger charge is 2.46. The largest absolute Gasteiger partial charge is 0.309 e. The molecule has 1 aliphatic rings. The van der Waals surface area contributed by atoms with Crippen LogP contribution in [-0.2, 0) is 5.41 Å². The van der Waals surface area contributed by atoms with Crippen LogP contribution in [0.15, 0.2) is 261 Å². The number of rotatable bonds is 8. The van der Waals surface area contributed by atoms with E-state index in [2.05, 4.69) is 266 Å². The Balaban J connectivity index is 1.16. The van der Waals surface area contributed by atoms with E-state index in [0.29, 0.717) is 0 Å². The Bertz CT molecular complexity index is 3460. The minimum Gasteiger partial charge on any atom is -0.309 e. The van der Waals surface area contributed by atoms with Gasteiger partial charge in [-0.2, -0.15) is 0 Å². The molecule has 12 rings (SSSR count). The van der Waals surface area contributed by atoms with E-state index in [4.69, 9.17) is 0 Å². The van der Waals surface area contributed by atoms with Crippen LogP contribution < -0.4 is 4.90 Å². The van der Waals surface area contributed by atoms with Gasteiger partial charge in [-0.15, -0.1) is 0 Å². The lowest BCUT2D eigenvalue weighted by Crippen LogP contribution is -2.28. The van der Waals surface area contributed by atoms with E-state index in [-0.39, 0.29) is 0 Å². The molecule has 11 aromatic carbocycles. The van der Waals surface area contributed by atoms with Crippen molar-refractivity contribution < 1.29 is 0 Å². The Morgan fingerprint density at radius 3 is 1.42 bits per heavy atom. The molecule has 0 saturated heterocycles. The molecule has 0 aliphatic heterocycles. The van der Waals surface area contributed by atoms with Gasteiger partial charge in [0.05, 0.1) is 16.8 Å². The monoisotopic (exact) mass is 813 g/mol. The van der Waals surface area contributed by atoms with Gasteiger partial charge in [0.1, 0.15) is 0 Å². The number of benzene rings is 11. The maximum Gasteiger partial charge on any atom is 0.0714 e. The minimum atomic E-state index is -0.547. The summed E-state index contributed by atoms with van der Waals surface area (Å²) >= 11 is 0. The van der Waals surface area contributed by atoms with Crippen molar-refractivity contribution in [2.45, 2.75) is 5.41 Å². The maximum absolute atomic E-state index is 2.54. The minimum absolute atomic E-state index is 0.547. The number of hydrogen-bond acceptors (Lipinski definition) is 1. The molecule has 11 aromatic rings. The van der Waals surface area contributed by atoms with Crippen molar-refractivity contribution in [1.29, 1.82) is 0 Å². The summed E-state index contributed by atoms with van der Waals surface area (Å²) in [5, 5.41) is 4.87. The summed E-state index contributed by atoms with van der Waals surface area (Å²) in [4.78, 5) is 2.54. The van der Waals surface area contributed by atoms with Crippen LogP contribution in [0.5, 0.6) is 0 Å². The van der Waals surface area contributed by atoms with Gasteiger partial charge in [-0.05, 0) is 102 Å². The van der Waals surface area contributed by atoms with Gasteiger partial charge in [-0.3, -0.25) is 0 Å². The zero-order valence-electron chi connectivity index (χ0n) is 35.3. The first-order valence-corrected chi connectivity index (χ1v) is 22.2. The first-order valence-electron chi connectivity index (χ1n) is 22.2. The second-order valence-corrected chi connectivity index (χ2v) is 16.7. The third-order valence-electron chi connectivity index (χ3n) is 13.4. The quantitative estimate of drug-likeness (QED) is 0.138. The molecule has 1 heteroatoms. The fraction of sp³-hybridized carbons (Fsp3) is 0.0159. The van der Waals surface area contributed by atoms with Crippen LogP contribution in [0.3, 0.4) is 0 Å². The van der Waals surface area contributed by atoms with E-state index >= 15 is 0 Å². The Hall–Kier alpha value is -8.26. The summed E-state index contributed by atoms with van der Waals surface area (Å²) < 4.78 is 0. The predicted octanol–water partition coefficient (Wildman–Crippen LogP) is 16.8. The molecule has 0 atom stereocenters. The van der Waals surface area contributed by atoms with E-state index in [1.807, 2.05) is 0 Å². The molecule has 0 spiro atoms. The van der Waals surface area contributed by atoms with Gasteiger partial charge in [-0.25, -0.2) is 0 Å². The molecule has 1 aliphatic carbocycles. The lowest BCUT2D eigenvalue weighted by Gasteiger charge is -2.35. The first-order chi connectivity index (χ1) is 31.8. The maximum atomic E-state index is 2.54. The van der Waals surface area contributed by atoms with Crippen LogP contribution >= 0.6 is 0 Å². The van der Waals surface area contributed by atoms with Gasteiger partial charge in [-0.1, -0.05) is 237 Å². The second-order valence-electron chi connectivity index (χ2n) is 16.7. The fourth-order valence-electron chi connectivity index (χ4n) is 10.6. The van der Waals surface area contributed by atoms with Gasteiger partial charge < -0.3 is 4.90 Å². The lowest BCUT2D eigenvalue weighted by molar-refractivity contribution is 0.768. The first kappa shape index (κ1) is 37.5. The summed E-state index contributed by atoms with van der Waals surface area (Å²) in [6.07, 6.45) is 0. The molecule has 1 nitrogen and oxygen atoms in total. The molecule has 0 saturated carbocycles. The number of hydrogen-bond donors (Lipinski definition) is 0. The van der Waals surface area contributed by atoms with Crippen molar-refractivity contribution in [3.8, 4) is 44.5 Å². The molecular weight excluding hydrogens is 771 g/mol. The van der Waals surface area contributed by atoms with E-state index in [0.717, 1.165) is 22.6 Å². The van der Waals surface area contributed by atoms with Crippen LogP contribution in [0.25, 0.3) is 66.1 Å². The van der Waals surface area contributed by atoms with Gasteiger partial charge in [0.2, 0.25) is 0 Å². The Morgan fingerprint density at radius 1 is 0.266 bits per heavy atom. The fourth-order valence-corrected chi connectivity index (χ4v) is 10.6. The molecule has 0 bridgehead atoms. The highest BCUT2D eigenvalue weighted by atomic mass is 15.1. The van der Waals surface area contributed by atoms with Crippen molar-refractivity contribution >= 4 is 38.6 Å². The van der Waals surface area contributed by atoms with Crippen LogP contribution in [0.2, 0.25) is 0 Å². The van der Waals surface area contributed by atoms with Gasteiger partial charge in [0, 0.05) is 16.6 Å². The molecule has 300 valence electrons. The number of fused-ring (bicyclic) bond motifs is 6. The summed E-state index contributed by atoms with van der Waals surface area (Å²) in [6, 6.07) is 96.0. The van der Waals surface area contributed by atoms with Gasteiger partial charge in [0.25, 0.3) is 0 Å². The SMILES string of the molecule is c1ccc(-c2ccccc2-c2ccccc2-c2ccccc2N(c2ccc3c(c2)C(c2ccccc2)(c2ccccc2)c2ccccc2-3)c2cc3ccccc3c3ccccc23)cc1. The Kier molecular flexibility index (Phi) is 9.13. The number of nitrogens with zero attached hydrogens (tertiary/aromatic N) is 1. The van der Waals surface area contributed by atoms with Crippen LogP contribution in [0.4, 0.5) is 17.1 Å². The number of para-hydroxylation sites is 1. The highest BCUT2D eigenvalue weighted by Crippen LogP contribution is 2.58. The Labute approximate surface area is 374 Å². The van der Waals surface area contributed by atoms with Crippen molar-refractivity contribution in [1.82, 2.24) is 0 Å². The highest BCUT2D eigenvalue weighted by molar-refractivity contribution is 6.15. The average Bonchev–Trinajstić information content (AvgIpc) is 3.68.